The zero-order valence-corrected chi connectivity index (χ0v) is 17.9. The lowest BCUT2D eigenvalue weighted by Gasteiger charge is -2.10. The van der Waals surface area contributed by atoms with Crippen molar-refractivity contribution >= 4 is 17.6 Å². The van der Waals surface area contributed by atoms with Crippen LogP contribution in [0.25, 0.3) is 5.78 Å². The monoisotopic (exact) mass is 450 g/mol. The Morgan fingerprint density at radius 1 is 0.879 bits per heavy atom. The minimum atomic E-state index is -0.523. The number of hydrogen-bond donors (Lipinski definition) is 2. The highest BCUT2D eigenvalue weighted by Crippen LogP contribution is 2.12. The molecule has 8 nitrogen and oxygen atoms in total. The molecule has 2 aromatic heterocycles. The van der Waals surface area contributed by atoms with Crippen LogP contribution in [-0.2, 0) is 13.1 Å². The molecular weight excluding hydrogens is 430 g/mol. The molecule has 33 heavy (non-hydrogen) atoms. The summed E-state index contributed by atoms with van der Waals surface area (Å²) in [6, 6.07) is 10.5. The van der Waals surface area contributed by atoms with Gasteiger partial charge in [-0.2, -0.15) is 0 Å². The molecule has 168 valence electrons. The number of halogens is 2. The Morgan fingerprint density at radius 2 is 1.45 bits per heavy atom. The molecule has 0 aliphatic carbocycles. The Labute approximate surface area is 187 Å². The van der Waals surface area contributed by atoms with Crippen molar-refractivity contribution < 1.29 is 18.4 Å². The molecule has 0 aliphatic rings. The van der Waals surface area contributed by atoms with E-state index in [-0.39, 0.29) is 41.9 Å². The van der Waals surface area contributed by atoms with Gasteiger partial charge in [-0.1, -0.05) is 24.3 Å². The zero-order chi connectivity index (χ0) is 23.5. The van der Waals surface area contributed by atoms with Gasteiger partial charge in [0.15, 0.2) is 0 Å². The smallest absolute Gasteiger partial charge is 0.270 e. The number of hydrogen-bond acceptors (Lipinski definition) is 5. The second kappa shape index (κ2) is 9.11. The van der Waals surface area contributed by atoms with Gasteiger partial charge in [-0.3, -0.25) is 14.0 Å². The first kappa shape index (κ1) is 22.0. The summed E-state index contributed by atoms with van der Waals surface area (Å²) in [5.74, 6) is -1.56. The number of carbonyl (C=O) groups is 2. The van der Waals surface area contributed by atoms with Crippen molar-refractivity contribution in [1.82, 2.24) is 30.2 Å². The van der Waals surface area contributed by atoms with E-state index in [4.69, 9.17) is 0 Å². The van der Waals surface area contributed by atoms with Gasteiger partial charge in [-0.15, -0.1) is 10.2 Å². The maximum Gasteiger partial charge on any atom is 0.270 e. The fourth-order valence-electron chi connectivity index (χ4n) is 3.28. The van der Waals surface area contributed by atoms with Gasteiger partial charge in [-0.05, 0) is 54.3 Å². The molecule has 0 bridgehead atoms. The number of carbonyl (C=O) groups excluding carboxylic acids is 2. The Bertz CT molecular complexity index is 1370. The number of nitrogens with zero attached hydrogens (tertiary/aromatic N) is 4. The molecule has 0 atom stereocenters. The van der Waals surface area contributed by atoms with Crippen LogP contribution >= 0.6 is 0 Å². The van der Waals surface area contributed by atoms with Crippen molar-refractivity contribution in [3.8, 4) is 0 Å². The molecule has 0 aliphatic heterocycles. The summed E-state index contributed by atoms with van der Waals surface area (Å²) in [6.07, 6.45) is 1.32. The van der Waals surface area contributed by atoms with Crippen LogP contribution in [0, 0.1) is 25.5 Å². The van der Waals surface area contributed by atoms with E-state index in [1.807, 2.05) is 0 Å². The predicted molar refractivity (Wildman–Crippen MR) is 115 cm³/mol. The zero-order valence-electron chi connectivity index (χ0n) is 17.9. The highest BCUT2D eigenvalue weighted by molar-refractivity contribution is 5.98. The molecule has 2 amide bonds. The second-order valence-corrected chi connectivity index (χ2v) is 7.56. The van der Waals surface area contributed by atoms with Crippen molar-refractivity contribution in [2.45, 2.75) is 26.9 Å². The van der Waals surface area contributed by atoms with Gasteiger partial charge in [0, 0.05) is 13.1 Å². The number of rotatable bonds is 6. The molecule has 0 saturated heterocycles. The maximum absolute atomic E-state index is 13.5. The average Bonchev–Trinajstić information content (AvgIpc) is 3.28. The number of amides is 2. The number of fused-ring (bicyclic) bond motifs is 1. The lowest BCUT2D eigenvalue weighted by Crippen LogP contribution is -2.28. The molecule has 10 heteroatoms. The lowest BCUT2D eigenvalue weighted by molar-refractivity contribution is 0.0943. The summed E-state index contributed by atoms with van der Waals surface area (Å²) in [5, 5.41) is 13.1. The third-order valence-corrected chi connectivity index (χ3v) is 5.10. The van der Waals surface area contributed by atoms with Gasteiger partial charge < -0.3 is 10.6 Å². The minimum absolute atomic E-state index is 0.0166. The minimum Gasteiger partial charge on any atom is -0.347 e. The van der Waals surface area contributed by atoms with Gasteiger partial charge in [-0.25, -0.2) is 13.8 Å². The largest absolute Gasteiger partial charge is 0.347 e. The third-order valence-electron chi connectivity index (χ3n) is 5.10. The average molecular weight is 450 g/mol. The normalized spacial score (nSPS) is 10.9. The first-order valence-electron chi connectivity index (χ1n) is 10.1. The van der Waals surface area contributed by atoms with Gasteiger partial charge in [0.2, 0.25) is 0 Å². The summed E-state index contributed by atoms with van der Waals surface area (Å²) in [7, 11) is 0. The Hall–Kier alpha value is -4.21. The number of aryl methyl sites for hydroxylation is 2. The van der Waals surface area contributed by atoms with Crippen LogP contribution in [0.15, 0.2) is 48.8 Å². The van der Waals surface area contributed by atoms with E-state index in [1.165, 1.54) is 28.9 Å². The molecule has 2 heterocycles. The fourth-order valence-corrected chi connectivity index (χ4v) is 3.28. The van der Waals surface area contributed by atoms with Crippen LogP contribution in [0.2, 0.25) is 0 Å². The quantitative estimate of drug-likeness (QED) is 0.471. The molecule has 2 N–H and O–H groups in total. The topological polar surface area (TPSA) is 101 Å². The first-order valence-corrected chi connectivity index (χ1v) is 10.1. The third kappa shape index (κ3) is 4.84. The summed E-state index contributed by atoms with van der Waals surface area (Å²) in [5.41, 5.74) is 2.49. The lowest BCUT2D eigenvalue weighted by atomic mass is 10.1. The van der Waals surface area contributed by atoms with E-state index in [1.54, 1.807) is 38.1 Å². The highest BCUT2D eigenvalue weighted by Gasteiger charge is 2.18. The Kier molecular flexibility index (Phi) is 6.07. The standard InChI is InChI=1S/C23H20F2N6O2/c1-13-7-15(3-5-17(13)24)10-26-21(32)19-9-20(31-12-28-30-23(31)29-19)22(33)27-11-16-4-6-18(25)14(2)8-16/h3-9,12H,10-11H2,1-2H3,(H,26,32)(H,27,33). The van der Waals surface area contributed by atoms with Crippen molar-refractivity contribution in [3.63, 3.8) is 0 Å². The fraction of sp³-hybridized carbons (Fsp3) is 0.174. The van der Waals surface area contributed by atoms with Crippen molar-refractivity contribution in [1.29, 1.82) is 0 Å². The number of benzene rings is 2. The van der Waals surface area contributed by atoms with Crippen LogP contribution < -0.4 is 10.6 Å². The van der Waals surface area contributed by atoms with Gasteiger partial charge in [0.1, 0.15) is 29.3 Å². The van der Waals surface area contributed by atoms with Crippen LogP contribution in [0.4, 0.5) is 8.78 Å². The van der Waals surface area contributed by atoms with Crippen molar-refractivity contribution in [2.24, 2.45) is 0 Å². The second-order valence-electron chi connectivity index (χ2n) is 7.56. The van der Waals surface area contributed by atoms with Crippen LogP contribution in [0.1, 0.15) is 43.2 Å². The van der Waals surface area contributed by atoms with Crippen LogP contribution in [-0.4, -0.2) is 31.4 Å². The molecule has 4 rings (SSSR count). The van der Waals surface area contributed by atoms with Crippen molar-refractivity contribution in [2.75, 3.05) is 0 Å². The summed E-state index contributed by atoms with van der Waals surface area (Å²) >= 11 is 0. The molecule has 2 aromatic carbocycles. The maximum atomic E-state index is 13.5. The van der Waals surface area contributed by atoms with E-state index in [0.717, 1.165) is 11.1 Å². The van der Waals surface area contributed by atoms with Gasteiger partial charge >= 0.3 is 0 Å². The molecule has 0 saturated carbocycles. The molecule has 0 radical (unpaired) electrons. The van der Waals surface area contributed by atoms with E-state index in [0.29, 0.717) is 11.1 Å². The van der Waals surface area contributed by atoms with Gasteiger partial charge in [0.25, 0.3) is 17.6 Å². The van der Waals surface area contributed by atoms with E-state index >= 15 is 0 Å². The van der Waals surface area contributed by atoms with Crippen LogP contribution in [0.3, 0.4) is 0 Å². The summed E-state index contributed by atoms with van der Waals surface area (Å²) in [4.78, 5) is 29.7. The first-order chi connectivity index (χ1) is 15.8. The van der Waals surface area contributed by atoms with Gasteiger partial charge in [0.05, 0.1) is 0 Å². The predicted octanol–water partition coefficient (Wildman–Crippen LogP) is 2.88. The van der Waals surface area contributed by atoms with Crippen LogP contribution in [0.5, 0.6) is 0 Å². The number of nitrogens with one attached hydrogen (secondary N) is 2. The summed E-state index contributed by atoms with van der Waals surface area (Å²) < 4.78 is 28.3. The van der Waals surface area contributed by atoms with E-state index in [2.05, 4.69) is 25.8 Å². The summed E-state index contributed by atoms with van der Waals surface area (Å²) in [6.45, 7) is 3.60. The molecule has 4 aromatic rings. The van der Waals surface area contributed by atoms with E-state index in [9.17, 15) is 18.4 Å². The SMILES string of the molecule is Cc1cc(CNC(=O)c2cc(C(=O)NCc3ccc(F)c(C)c3)n3cnnc3n2)ccc1F. The molecule has 0 spiro atoms. The highest BCUT2D eigenvalue weighted by atomic mass is 19.1. The molecule has 0 fully saturated rings. The van der Waals surface area contributed by atoms with Crippen molar-refractivity contribution in [3.05, 3.63) is 94.1 Å². The number of aromatic nitrogens is 4. The Morgan fingerprint density at radius 3 is 2.03 bits per heavy atom. The Balaban J connectivity index is 1.51. The molecule has 0 unspecified atom stereocenters. The van der Waals surface area contributed by atoms with E-state index < -0.39 is 11.8 Å². The molecular formula is C23H20F2N6O2.